The summed E-state index contributed by atoms with van der Waals surface area (Å²) in [5.74, 6) is 0.761. The molecule has 0 radical (unpaired) electrons. The van der Waals surface area contributed by atoms with Crippen molar-refractivity contribution in [2.24, 2.45) is 10.7 Å². The third-order valence-electron chi connectivity index (χ3n) is 5.17. The quantitative estimate of drug-likeness (QED) is 0.464. The predicted molar refractivity (Wildman–Crippen MR) is 104 cm³/mol. The van der Waals surface area contributed by atoms with Crippen LogP contribution in [-0.4, -0.2) is 30.5 Å². The largest absolute Gasteiger partial charge is 0.370 e. The van der Waals surface area contributed by atoms with Crippen LogP contribution in [0.3, 0.4) is 0 Å². The monoisotopic (exact) mass is 413 g/mol. The minimum Gasteiger partial charge on any atom is -0.370 e. The van der Waals surface area contributed by atoms with Crippen LogP contribution in [0.1, 0.15) is 50.5 Å². The maximum atomic E-state index is 6.24. The number of rotatable bonds is 3. The van der Waals surface area contributed by atoms with Gasteiger partial charge in [-0.05, 0) is 37.7 Å². The number of nitrogens with zero attached hydrogens (tertiary/aromatic N) is 2. The minimum absolute atomic E-state index is 0. The minimum atomic E-state index is 0. The summed E-state index contributed by atoms with van der Waals surface area (Å²) in [5.41, 5.74) is 7.91. The lowest BCUT2D eigenvalue weighted by Gasteiger charge is -2.31. The van der Waals surface area contributed by atoms with Crippen molar-refractivity contribution in [3.05, 3.63) is 35.9 Å². The highest BCUT2D eigenvalue weighted by atomic mass is 127. The summed E-state index contributed by atoms with van der Waals surface area (Å²) in [4.78, 5) is 7.06. The van der Waals surface area contributed by atoms with Crippen molar-refractivity contribution < 1.29 is 0 Å². The standard InChI is InChI=1S/C18H27N3.HI/c19-17(21-13-7-2-8-14-21)20-15-18(11-5-6-12-18)16-9-3-1-4-10-16;/h1,3-4,9-10H,2,5-8,11-15H2,(H2,19,20);1H. The fourth-order valence-corrected chi connectivity index (χ4v) is 3.84. The van der Waals surface area contributed by atoms with Crippen molar-refractivity contribution in [3.8, 4) is 0 Å². The van der Waals surface area contributed by atoms with Gasteiger partial charge in [-0.1, -0.05) is 43.2 Å². The number of benzene rings is 1. The molecular formula is C18H28IN3. The number of piperidine rings is 1. The van der Waals surface area contributed by atoms with E-state index in [9.17, 15) is 0 Å². The summed E-state index contributed by atoms with van der Waals surface area (Å²) in [5, 5.41) is 0. The Hall–Kier alpha value is -0.780. The topological polar surface area (TPSA) is 41.6 Å². The lowest BCUT2D eigenvalue weighted by Crippen LogP contribution is -2.41. The van der Waals surface area contributed by atoms with Crippen LogP contribution in [0.25, 0.3) is 0 Å². The van der Waals surface area contributed by atoms with Gasteiger partial charge in [-0.25, -0.2) is 0 Å². The van der Waals surface area contributed by atoms with E-state index in [1.807, 2.05) is 0 Å². The molecule has 0 amide bonds. The third kappa shape index (κ3) is 3.94. The van der Waals surface area contributed by atoms with E-state index in [0.717, 1.165) is 25.6 Å². The van der Waals surface area contributed by atoms with Gasteiger partial charge in [-0.2, -0.15) is 0 Å². The summed E-state index contributed by atoms with van der Waals surface area (Å²) in [6.07, 6.45) is 8.95. The van der Waals surface area contributed by atoms with Crippen LogP contribution in [0.5, 0.6) is 0 Å². The zero-order valence-electron chi connectivity index (χ0n) is 13.3. The summed E-state index contributed by atoms with van der Waals surface area (Å²) in [6.45, 7) is 3.00. The summed E-state index contributed by atoms with van der Waals surface area (Å²) >= 11 is 0. The highest BCUT2D eigenvalue weighted by molar-refractivity contribution is 14.0. The lowest BCUT2D eigenvalue weighted by atomic mass is 9.79. The smallest absolute Gasteiger partial charge is 0.191 e. The van der Waals surface area contributed by atoms with Gasteiger partial charge in [0.25, 0.3) is 0 Å². The SMILES string of the molecule is I.NC(=NCC1(c2ccccc2)CCCC1)N1CCCCC1. The molecule has 0 spiro atoms. The molecule has 0 aromatic heterocycles. The average molecular weight is 413 g/mol. The Kier molecular flexibility index (Phi) is 6.53. The average Bonchev–Trinajstić information content (AvgIpc) is 3.04. The van der Waals surface area contributed by atoms with E-state index in [1.54, 1.807) is 0 Å². The lowest BCUT2D eigenvalue weighted by molar-refractivity contribution is 0.336. The van der Waals surface area contributed by atoms with Crippen molar-refractivity contribution in [1.82, 2.24) is 4.90 Å². The molecule has 2 N–H and O–H groups in total. The van der Waals surface area contributed by atoms with Crippen molar-refractivity contribution in [2.45, 2.75) is 50.4 Å². The number of guanidine groups is 1. The van der Waals surface area contributed by atoms with Crippen LogP contribution < -0.4 is 5.73 Å². The highest BCUT2D eigenvalue weighted by Crippen LogP contribution is 2.41. The maximum Gasteiger partial charge on any atom is 0.191 e. The van der Waals surface area contributed by atoms with Crippen LogP contribution in [0.4, 0.5) is 0 Å². The molecule has 0 atom stereocenters. The van der Waals surface area contributed by atoms with Crippen LogP contribution in [0.15, 0.2) is 35.3 Å². The zero-order chi connectivity index (χ0) is 14.5. The Balaban J connectivity index is 0.00000176. The van der Waals surface area contributed by atoms with Gasteiger partial charge in [0.15, 0.2) is 5.96 Å². The molecule has 2 aliphatic rings. The molecule has 3 nitrogen and oxygen atoms in total. The number of hydrogen-bond acceptors (Lipinski definition) is 1. The molecule has 0 bridgehead atoms. The third-order valence-corrected chi connectivity index (χ3v) is 5.17. The molecule has 1 saturated heterocycles. The number of nitrogens with two attached hydrogens (primary N) is 1. The summed E-state index contributed by atoms with van der Waals surface area (Å²) in [7, 11) is 0. The van der Waals surface area contributed by atoms with Crippen molar-refractivity contribution in [3.63, 3.8) is 0 Å². The van der Waals surface area contributed by atoms with E-state index < -0.39 is 0 Å². The van der Waals surface area contributed by atoms with Gasteiger partial charge in [0.1, 0.15) is 0 Å². The first kappa shape index (κ1) is 17.6. The van der Waals surface area contributed by atoms with Gasteiger partial charge in [0, 0.05) is 18.5 Å². The Morgan fingerprint density at radius 2 is 1.64 bits per heavy atom. The number of halogens is 1. The molecule has 0 unspecified atom stereocenters. The molecule has 1 aromatic rings. The maximum absolute atomic E-state index is 6.24. The van der Waals surface area contributed by atoms with Gasteiger partial charge >= 0.3 is 0 Å². The van der Waals surface area contributed by atoms with Crippen LogP contribution in [-0.2, 0) is 5.41 Å². The summed E-state index contributed by atoms with van der Waals surface area (Å²) < 4.78 is 0. The van der Waals surface area contributed by atoms with Gasteiger partial charge < -0.3 is 10.6 Å². The zero-order valence-corrected chi connectivity index (χ0v) is 15.7. The molecular weight excluding hydrogens is 385 g/mol. The van der Waals surface area contributed by atoms with Crippen molar-refractivity contribution in [1.29, 1.82) is 0 Å². The molecule has 4 heteroatoms. The first-order valence-electron chi connectivity index (χ1n) is 8.41. The number of aliphatic imine (C=N–C) groups is 1. The summed E-state index contributed by atoms with van der Waals surface area (Å²) in [6, 6.07) is 10.9. The van der Waals surface area contributed by atoms with Crippen LogP contribution in [0, 0.1) is 0 Å². The van der Waals surface area contributed by atoms with Gasteiger partial charge in [0.2, 0.25) is 0 Å². The number of likely N-dealkylation sites (tertiary alicyclic amines) is 1. The molecule has 1 aliphatic carbocycles. The molecule has 1 heterocycles. The van der Waals surface area contributed by atoms with E-state index in [2.05, 4.69) is 35.2 Å². The Morgan fingerprint density at radius 3 is 2.27 bits per heavy atom. The highest BCUT2D eigenvalue weighted by Gasteiger charge is 2.35. The molecule has 2 fully saturated rings. The van der Waals surface area contributed by atoms with Crippen LogP contribution >= 0.6 is 24.0 Å². The first-order valence-corrected chi connectivity index (χ1v) is 8.41. The first-order chi connectivity index (χ1) is 10.3. The molecule has 1 aromatic carbocycles. The molecule has 22 heavy (non-hydrogen) atoms. The van der Waals surface area contributed by atoms with E-state index >= 15 is 0 Å². The van der Waals surface area contributed by atoms with Gasteiger partial charge in [-0.15, -0.1) is 24.0 Å². The Labute approximate surface area is 151 Å². The molecule has 1 saturated carbocycles. The van der Waals surface area contributed by atoms with E-state index in [0.29, 0.717) is 0 Å². The fourth-order valence-electron chi connectivity index (χ4n) is 3.84. The van der Waals surface area contributed by atoms with E-state index in [4.69, 9.17) is 10.7 Å². The Bertz CT molecular complexity index is 474. The molecule has 122 valence electrons. The second-order valence-corrected chi connectivity index (χ2v) is 6.58. The van der Waals surface area contributed by atoms with E-state index in [-0.39, 0.29) is 29.4 Å². The van der Waals surface area contributed by atoms with Crippen LogP contribution in [0.2, 0.25) is 0 Å². The van der Waals surface area contributed by atoms with Gasteiger partial charge in [-0.3, -0.25) is 4.99 Å². The normalized spacial score (nSPS) is 21.5. The molecule has 1 aliphatic heterocycles. The number of hydrogen-bond donors (Lipinski definition) is 1. The van der Waals surface area contributed by atoms with E-state index in [1.165, 1.54) is 50.5 Å². The van der Waals surface area contributed by atoms with Crippen molar-refractivity contribution in [2.75, 3.05) is 19.6 Å². The van der Waals surface area contributed by atoms with Crippen molar-refractivity contribution >= 4 is 29.9 Å². The van der Waals surface area contributed by atoms with Gasteiger partial charge in [0.05, 0.1) is 6.54 Å². The molecule has 3 rings (SSSR count). The fraction of sp³-hybridized carbons (Fsp3) is 0.611. The second-order valence-electron chi connectivity index (χ2n) is 6.58. The predicted octanol–water partition coefficient (Wildman–Crippen LogP) is 3.92. The Morgan fingerprint density at radius 1 is 1.00 bits per heavy atom. The second kappa shape index (κ2) is 8.18.